The van der Waals surface area contributed by atoms with E-state index >= 15 is 0 Å². The highest BCUT2D eigenvalue weighted by Crippen LogP contribution is 2.22. The van der Waals surface area contributed by atoms with Gasteiger partial charge >= 0.3 is 12.2 Å². The molecule has 1 saturated heterocycles. The first-order valence-corrected chi connectivity index (χ1v) is 11.1. The number of likely N-dealkylation sites (tertiary alicyclic amines) is 1. The molecule has 162 valence electrons. The molecule has 10 heteroatoms. The van der Waals surface area contributed by atoms with Gasteiger partial charge in [0.25, 0.3) is 10.1 Å². The van der Waals surface area contributed by atoms with E-state index in [0.717, 1.165) is 11.8 Å². The van der Waals surface area contributed by atoms with E-state index in [1.54, 1.807) is 20.8 Å². The third-order valence-corrected chi connectivity index (χ3v) is 4.71. The predicted molar refractivity (Wildman–Crippen MR) is 106 cm³/mol. The van der Waals surface area contributed by atoms with E-state index in [-0.39, 0.29) is 19.8 Å². The Morgan fingerprint density at radius 2 is 1.86 bits per heavy atom. The summed E-state index contributed by atoms with van der Waals surface area (Å²) in [6, 6.07) is 7.96. The van der Waals surface area contributed by atoms with Gasteiger partial charge < -0.3 is 19.7 Å². The Morgan fingerprint density at radius 1 is 1.21 bits per heavy atom. The van der Waals surface area contributed by atoms with Crippen LogP contribution in [0.15, 0.2) is 30.3 Å². The van der Waals surface area contributed by atoms with Gasteiger partial charge in [-0.3, -0.25) is 4.18 Å². The molecule has 1 aromatic carbocycles. The Balaban J connectivity index is 2.01. The zero-order valence-electron chi connectivity index (χ0n) is 17.1. The van der Waals surface area contributed by atoms with Crippen LogP contribution in [-0.2, 0) is 30.4 Å². The number of nitrogens with one attached hydrogen (secondary N) is 1. The molecular formula is C19H28N2O7S. The minimum Gasteiger partial charge on any atom is -0.445 e. The molecule has 2 amide bonds. The number of alkyl carbamates (subject to hydrolysis) is 1. The van der Waals surface area contributed by atoms with Gasteiger partial charge in [0.1, 0.15) is 12.2 Å². The quantitative estimate of drug-likeness (QED) is 0.692. The fraction of sp³-hybridized carbons (Fsp3) is 0.579. The minimum absolute atomic E-state index is 0.0969. The molecule has 0 aromatic heterocycles. The van der Waals surface area contributed by atoms with E-state index in [9.17, 15) is 18.0 Å². The van der Waals surface area contributed by atoms with Gasteiger partial charge in [0.2, 0.25) is 0 Å². The van der Waals surface area contributed by atoms with Crippen molar-refractivity contribution in [2.45, 2.75) is 51.5 Å². The van der Waals surface area contributed by atoms with Crippen LogP contribution in [0.3, 0.4) is 0 Å². The lowest BCUT2D eigenvalue weighted by Gasteiger charge is -2.30. The maximum Gasteiger partial charge on any atom is 0.410 e. The Labute approximate surface area is 171 Å². The number of ether oxygens (including phenoxy) is 2. The topological polar surface area (TPSA) is 111 Å². The number of hydrogen-bond donors (Lipinski definition) is 1. The smallest absolute Gasteiger partial charge is 0.410 e. The van der Waals surface area contributed by atoms with Crippen molar-refractivity contribution < 1.29 is 31.7 Å². The first-order chi connectivity index (χ1) is 13.4. The summed E-state index contributed by atoms with van der Waals surface area (Å²) < 4.78 is 38.3. The van der Waals surface area contributed by atoms with Gasteiger partial charge in [-0.1, -0.05) is 30.3 Å². The molecule has 9 nitrogen and oxygen atoms in total. The van der Waals surface area contributed by atoms with Crippen LogP contribution in [0.4, 0.5) is 9.59 Å². The van der Waals surface area contributed by atoms with Crippen molar-refractivity contribution in [3.63, 3.8) is 0 Å². The van der Waals surface area contributed by atoms with Gasteiger partial charge in [-0.25, -0.2) is 9.59 Å². The lowest BCUT2D eigenvalue weighted by atomic mass is 10.1. The zero-order valence-corrected chi connectivity index (χ0v) is 17.9. The van der Waals surface area contributed by atoms with E-state index in [4.69, 9.17) is 13.7 Å². The second-order valence-corrected chi connectivity index (χ2v) is 9.47. The van der Waals surface area contributed by atoms with Crippen LogP contribution in [-0.4, -0.2) is 62.6 Å². The number of hydrogen-bond acceptors (Lipinski definition) is 7. The molecule has 1 aliphatic rings. The molecule has 2 rings (SSSR count). The average Bonchev–Trinajstić information content (AvgIpc) is 3.00. The third-order valence-electron chi connectivity index (χ3n) is 4.14. The van der Waals surface area contributed by atoms with Gasteiger partial charge in [-0.2, -0.15) is 8.42 Å². The van der Waals surface area contributed by atoms with Gasteiger partial charge in [-0.15, -0.1) is 0 Å². The number of carbonyl (C=O) groups excluding carboxylic acids is 2. The maximum atomic E-state index is 12.5. The summed E-state index contributed by atoms with van der Waals surface area (Å²) in [6.07, 6.45) is 0.0872. The van der Waals surface area contributed by atoms with Crippen LogP contribution in [0.2, 0.25) is 0 Å². The molecule has 1 N–H and O–H groups in total. The summed E-state index contributed by atoms with van der Waals surface area (Å²) in [5, 5.41) is 2.70. The first kappa shape index (κ1) is 23.0. The van der Waals surface area contributed by atoms with Crippen molar-refractivity contribution in [1.29, 1.82) is 0 Å². The first-order valence-electron chi connectivity index (χ1n) is 9.26. The summed E-state index contributed by atoms with van der Waals surface area (Å²) in [4.78, 5) is 26.1. The number of nitrogens with zero attached hydrogens (tertiary/aromatic N) is 1. The van der Waals surface area contributed by atoms with Gasteiger partial charge in [0, 0.05) is 6.54 Å². The molecule has 29 heavy (non-hydrogen) atoms. The van der Waals surface area contributed by atoms with Crippen molar-refractivity contribution in [2.24, 2.45) is 0 Å². The van der Waals surface area contributed by atoms with Crippen LogP contribution in [0.1, 0.15) is 32.8 Å². The number of amides is 2. The summed E-state index contributed by atoms with van der Waals surface area (Å²) >= 11 is 0. The number of rotatable bonds is 6. The van der Waals surface area contributed by atoms with E-state index in [2.05, 4.69) is 5.32 Å². The zero-order chi connectivity index (χ0) is 21.7. The maximum absolute atomic E-state index is 12.5. The van der Waals surface area contributed by atoms with Gasteiger partial charge in [0.15, 0.2) is 0 Å². The molecule has 0 radical (unpaired) electrons. The normalized spacial score (nSPS) is 19.7. The van der Waals surface area contributed by atoms with E-state index in [0.29, 0.717) is 6.42 Å². The van der Waals surface area contributed by atoms with Crippen molar-refractivity contribution in [1.82, 2.24) is 10.2 Å². The molecule has 0 spiro atoms. The monoisotopic (exact) mass is 428 g/mol. The van der Waals surface area contributed by atoms with Crippen LogP contribution >= 0.6 is 0 Å². The summed E-state index contributed by atoms with van der Waals surface area (Å²) in [5.41, 5.74) is 0.126. The van der Waals surface area contributed by atoms with Crippen LogP contribution in [0.5, 0.6) is 0 Å². The van der Waals surface area contributed by atoms with E-state index < -0.39 is 40.0 Å². The number of benzene rings is 1. The Bertz CT molecular complexity index is 806. The van der Waals surface area contributed by atoms with Gasteiger partial charge in [-0.05, 0) is 32.8 Å². The molecule has 0 aliphatic carbocycles. The SMILES string of the molecule is CC(C)(C)OC(=O)N1CC[C@@H](NC(=O)OCc2ccccc2)[C@H]1COS(C)(=O)=O. The third kappa shape index (κ3) is 7.90. The highest BCUT2D eigenvalue weighted by Gasteiger charge is 2.40. The van der Waals surface area contributed by atoms with E-state index in [1.165, 1.54) is 4.90 Å². The minimum atomic E-state index is -3.72. The Kier molecular flexibility index (Phi) is 7.48. The van der Waals surface area contributed by atoms with Crippen molar-refractivity contribution in [3.8, 4) is 0 Å². The average molecular weight is 429 g/mol. The summed E-state index contributed by atoms with van der Waals surface area (Å²) in [7, 11) is -3.72. The number of carbonyl (C=O) groups is 2. The summed E-state index contributed by atoms with van der Waals surface area (Å²) in [5.74, 6) is 0. The Hall–Kier alpha value is -2.33. The largest absolute Gasteiger partial charge is 0.445 e. The molecular weight excluding hydrogens is 400 g/mol. The summed E-state index contributed by atoms with van der Waals surface area (Å²) in [6.45, 7) is 5.30. The van der Waals surface area contributed by atoms with Crippen LogP contribution in [0.25, 0.3) is 0 Å². The molecule has 2 atom stereocenters. The highest BCUT2D eigenvalue weighted by atomic mass is 32.2. The molecule has 1 aromatic rings. The highest BCUT2D eigenvalue weighted by molar-refractivity contribution is 7.85. The molecule has 0 saturated carbocycles. The van der Waals surface area contributed by atoms with Crippen molar-refractivity contribution in [3.05, 3.63) is 35.9 Å². The molecule has 1 heterocycles. The molecule has 0 bridgehead atoms. The van der Waals surface area contributed by atoms with Crippen molar-refractivity contribution in [2.75, 3.05) is 19.4 Å². The Morgan fingerprint density at radius 3 is 2.45 bits per heavy atom. The van der Waals surface area contributed by atoms with E-state index in [1.807, 2.05) is 30.3 Å². The fourth-order valence-corrected chi connectivity index (χ4v) is 3.27. The lowest BCUT2D eigenvalue weighted by molar-refractivity contribution is 0.0172. The fourth-order valence-electron chi connectivity index (χ4n) is 2.88. The standard InChI is InChI=1S/C19H28N2O7S/c1-19(2,3)28-18(23)21-11-10-15(16(21)13-27-29(4,24)25)20-17(22)26-12-14-8-6-5-7-9-14/h5-9,15-16H,10-13H2,1-4H3,(H,20,22)/t15-,16-/m1/s1. The van der Waals surface area contributed by atoms with Crippen molar-refractivity contribution >= 4 is 22.3 Å². The second kappa shape index (κ2) is 9.45. The molecule has 0 unspecified atom stereocenters. The predicted octanol–water partition coefficient (Wildman–Crippen LogP) is 2.27. The molecule has 1 aliphatic heterocycles. The van der Waals surface area contributed by atoms with Gasteiger partial charge in [0.05, 0.1) is 24.9 Å². The van der Waals surface area contributed by atoms with Crippen LogP contribution < -0.4 is 5.32 Å². The second-order valence-electron chi connectivity index (χ2n) is 7.83. The molecule has 1 fully saturated rings. The van der Waals surface area contributed by atoms with Crippen LogP contribution in [0, 0.1) is 0 Å². The lowest BCUT2D eigenvalue weighted by Crippen LogP contribution is -2.50.